The number of carbonyl (C=O) groups is 1. The van der Waals surface area contributed by atoms with E-state index in [0.29, 0.717) is 5.76 Å². The molecule has 0 heterocycles. The average molecular weight is 218 g/mol. The highest BCUT2D eigenvalue weighted by Gasteiger charge is 2.20. The highest BCUT2D eigenvalue weighted by Crippen LogP contribution is 2.20. The fraction of sp³-hybridized carbons (Fsp3) is 0.357. The van der Waals surface area contributed by atoms with Crippen LogP contribution in [0, 0.1) is 5.41 Å². The summed E-state index contributed by atoms with van der Waals surface area (Å²) in [5, 5.41) is 0. The van der Waals surface area contributed by atoms with Gasteiger partial charge in [0.05, 0.1) is 7.11 Å². The Morgan fingerprint density at radius 3 is 2.19 bits per heavy atom. The summed E-state index contributed by atoms with van der Waals surface area (Å²) in [6.45, 7) is 5.68. The first-order valence-corrected chi connectivity index (χ1v) is 5.30. The molecule has 0 aromatic heterocycles. The van der Waals surface area contributed by atoms with E-state index in [1.165, 1.54) is 0 Å². The molecule has 2 heteroatoms. The zero-order valence-electron chi connectivity index (χ0n) is 10.3. The van der Waals surface area contributed by atoms with Gasteiger partial charge in [0, 0.05) is 17.1 Å². The third kappa shape index (κ3) is 3.23. The van der Waals surface area contributed by atoms with Crippen LogP contribution in [0.3, 0.4) is 0 Å². The van der Waals surface area contributed by atoms with E-state index in [4.69, 9.17) is 4.74 Å². The van der Waals surface area contributed by atoms with Crippen molar-refractivity contribution < 1.29 is 9.53 Å². The molecule has 1 aromatic rings. The molecule has 1 rings (SSSR count). The van der Waals surface area contributed by atoms with Crippen LogP contribution in [0.15, 0.2) is 36.4 Å². The fourth-order valence-electron chi connectivity index (χ4n) is 1.20. The first-order chi connectivity index (χ1) is 7.45. The second-order valence-corrected chi connectivity index (χ2v) is 4.69. The largest absolute Gasteiger partial charge is 0.496 e. The first kappa shape index (κ1) is 12.5. The van der Waals surface area contributed by atoms with E-state index < -0.39 is 0 Å². The molecule has 0 N–H and O–H groups in total. The molecule has 0 fully saturated rings. The van der Waals surface area contributed by atoms with Gasteiger partial charge in [0.25, 0.3) is 0 Å². The quantitative estimate of drug-likeness (QED) is 0.575. The SMILES string of the molecule is COC(=CC(=O)C(C)(C)C)c1ccccc1. The zero-order chi connectivity index (χ0) is 12.2. The molecular weight excluding hydrogens is 200 g/mol. The summed E-state index contributed by atoms with van der Waals surface area (Å²) >= 11 is 0. The van der Waals surface area contributed by atoms with E-state index in [0.717, 1.165) is 5.56 Å². The Hall–Kier alpha value is -1.57. The number of hydrogen-bond acceptors (Lipinski definition) is 2. The van der Waals surface area contributed by atoms with Gasteiger partial charge in [-0.1, -0.05) is 51.1 Å². The molecular formula is C14H18O2. The van der Waals surface area contributed by atoms with E-state index in [-0.39, 0.29) is 11.2 Å². The topological polar surface area (TPSA) is 26.3 Å². The predicted octanol–water partition coefficient (Wildman–Crippen LogP) is 3.29. The molecule has 16 heavy (non-hydrogen) atoms. The van der Waals surface area contributed by atoms with E-state index in [2.05, 4.69) is 0 Å². The molecule has 1 aromatic carbocycles. The second-order valence-electron chi connectivity index (χ2n) is 4.69. The van der Waals surface area contributed by atoms with E-state index in [1.54, 1.807) is 13.2 Å². The van der Waals surface area contributed by atoms with Gasteiger partial charge >= 0.3 is 0 Å². The third-order valence-electron chi connectivity index (χ3n) is 2.28. The molecule has 0 saturated carbocycles. The van der Waals surface area contributed by atoms with Crippen molar-refractivity contribution in [3.05, 3.63) is 42.0 Å². The summed E-state index contributed by atoms with van der Waals surface area (Å²) in [6.07, 6.45) is 1.56. The Bertz CT molecular complexity index is 383. The maximum Gasteiger partial charge on any atom is 0.164 e. The van der Waals surface area contributed by atoms with Crippen LogP contribution in [0.1, 0.15) is 26.3 Å². The summed E-state index contributed by atoms with van der Waals surface area (Å²) < 4.78 is 5.24. The highest BCUT2D eigenvalue weighted by molar-refractivity contribution is 5.98. The summed E-state index contributed by atoms with van der Waals surface area (Å²) in [5.74, 6) is 0.675. The molecule has 0 spiro atoms. The van der Waals surface area contributed by atoms with Crippen molar-refractivity contribution in [2.75, 3.05) is 7.11 Å². The smallest absolute Gasteiger partial charge is 0.164 e. The maximum absolute atomic E-state index is 11.9. The van der Waals surface area contributed by atoms with Crippen molar-refractivity contribution in [3.63, 3.8) is 0 Å². The zero-order valence-corrected chi connectivity index (χ0v) is 10.3. The Kier molecular flexibility index (Phi) is 3.88. The molecule has 0 unspecified atom stereocenters. The number of hydrogen-bond donors (Lipinski definition) is 0. The van der Waals surface area contributed by atoms with Crippen molar-refractivity contribution in [1.82, 2.24) is 0 Å². The van der Waals surface area contributed by atoms with Gasteiger partial charge in [0.2, 0.25) is 0 Å². The van der Waals surface area contributed by atoms with Gasteiger partial charge in [-0.2, -0.15) is 0 Å². The minimum Gasteiger partial charge on any atom is -0.496 e. The van der Waals surface area contributed by atoms with Gasteiger partial charge in [0.15, 0.2) is 5.78 Å². The van der Waals surface area contributed by atoms with Gasteiger partial charge in [-0.05, 0) is 0 Å². The summed E-state index contributed by atoms with van der Waals surface area (Å²) in [5.41, 5.74) is 0.543. The van der Waals surface area contributed by atoms with Crippen LogP contribution in [-0.2, 0) is 9.53 Å². The van der Waals surface area contributed by atoms with Gasteiger partial charge < -0.3 is 4.74 Å². The van der Waals surface area contributed by atoms with Crippen LogP contribution in [-0.4, -0.2) is 12.9 Å². The van der Waals surface area contributed by atoms with E-state index in [9.17, 15) is 4.79 Å². The number of allylic oxidation sites excluding steroid dienone is 1. The number of ether oxygens (including phenoxy) is 1. The molecule has 0 bridgehead atoms. The second kappa shape index (κ2) is 4.97. The molecule has 0 atom stereocenters. The van der Waals surface area contributed by atoms with E-state index in [1.807, 2.05) is 51.1 Å². The maximum atomic E-state index is 11.9. The highest BCUT2D eigenvalue weighted by atomic mass is 16.5. The van der Waals surface area contributed by atoms with Crippen LogP contribution in [0.4, 0.5) is 0 Å². The number of benzene rings is 1. The van der Waals surface area contributed by atoms with Gasteiger partial charge in [-0.3, -0.25) is 4.79 Å². The number of carbonyl (C=O) groups excluding carboxylic acids is 1. The minimum atomic E-state index is -0.376. The number of rotatable bonds is 3. The minimum absolute atomic E-state index is 0.0632. The average Bonchev–Trinajstić information content (AvgIpc) is 2.25. The predicted molar refractivity (Wildman–Crippen MR) is 65.9 cm³/mol. The lowest BCUT2D eigenvalue weighted by Gasteiger charge is -2.15. The Morgan fingerprint density at radius 1 is 1.19 bits per heavy atom. The van der Waals surface area contributed by atoms with Crippen LogP contribution in [0.25, 0.3) is 5.76 Å². The lowest BCUT2D eigenvalue weighted by Crippen LogP contribution is -2.18. The fourth-order valence-corrected chi connectivity index (χ4v) is 1.20. The lowest BCUT2D eigenvalue weighted by atomic mass is 9.90. The lowest BCUT2D eigenvalue weighted by molar-refractivity contribution is -0.121. The van der Waals surface area contributed by atoms with Crippen molar-refractivity contribution >= 4 is 11.5 Å². The van der Waals surface area contributed by atoms with Crippen LogP contribution in [0.5, 0.6) is 0 Å². The number of methoxy groups -OCH3 is 1. The third-order valence-corrected chi connectivity index (χ3v) is 2.28. The summed E-state index contributed by atoms with van der Waals surface area (Å²) in [4.78, 5) is 11.9. The van der Waals surface area contributed by atoms with Crippen LogP contribution >= 0.6 is 0 Å². The monoisotopic (exact) mass is 218 g/mol. The van der Waals surface area contributed by atoms with Crippen molar-refractivity contribution in [3.8, 4) is 0 Å². The van der Waals surface area contributed by atoms with E-state index >= 15 is 0 Å². The normalized spacial score (nSPS) is 12.4. The first-order valence-electron chi connectivity index (χ1n) is 5.30. The molecule has 0 radical (unpaired) electrons. The Balaban J connectivity index is 3.00. The molecule has 0 aliphatic carbocycles. The summed E-state index contributed by atoms with van der Waals surface area (Å²) in [6, 6.07) is 9.62. The molecule has 2 nitrogen and oxygen atoms in total. The van der Waals surface area contributed by atoms with Gasteiger partial charge in [0.1, 0.15) is 5.76 Å². The van der Waals surface area contributed by atoms with Crippen LogP contribution in [0.2, 0.25) is 0 Å². The Labute approximate surface area is 96.9 Å². The molecule has 86 valence electrons. The van der Waals surface area contributed by atoms with Gasteiger partial charge in [-0.25, -0.2) is 0 Å². The molecule has 0 amide bonds. The molecule has 0 saturated heterocycles. The van der Waals surface area contributed by atoms with Crippen molar-refractivity contribution in [2.45, 2.75) is 20.8 Å². The van der Waals surface area contributed by atoms with Gasteiger partial charge in [-0.15, -0.1) is 0 Å². The molecule has 0 aliphatic heterocycles. The summed E-state index contributed by atoms with van der Waals surface area (Å²) in [7, 11) is 1.58. The van der Waals surface area contributed by atoms with Crippen molar-refractivity contribution in [2.24, 2.45) is 5.41 Å². The van der Waals surface area contributed by atoms with Crippen molar-refractivity contribution in [1.29, 1.82) is 0 Å². The van der Waals surface area contributed by atoms with Crippen LogP contribution < -0.4 is 0 Å². The molecule has 0 aliphatic rings. The standard InChI is InChI=1S/C14H18O2/c1-14(2,3)13(15)10-12(16-4)11-8-6-5-7-9-11/h5-10H,1-4H3. The Morgan fingerprint density at radius 2 is 1.75 bits per heavy atom. The number of ketones is 1.